The fourth-order valence-electron chi connectivity index (χ4n) is 3.41. The average molecular weight is 433 g/mol. The van der Waals surface area contributed by atoms with Crippen molar-refractivity contribution < 1.29 is 13.2 Å². The first kappa shape index (κ1) is 21.7. The molecule has 0 bridgehead atoms. The van der Waals surface area contributed by atoms with Crippen LogP contribution >= 0.6 is 11.8 Å². The van der Waals surface area contributed by atoms with Crippen molar-refractivity contribution >= 4 is 33.4 Å². The minimum absolute atomic E-state index is 0.117. The summed E-state index contributed by atoms with van der Waals surface area (Å²) in [5, 5.41) is 3.62. The maximum Gasteiger partial charge on any atom is 0.262 e. The van der Waals surface area contributed by atoms with E-state index in [4.69, 9.17) is 0 Å². The highest BCUT2D eigenvalue weighted by atomic mass is 32.2. The lowest BCUT2D eigenvalue weighted by molar-refractivity contribution is 0.0956. The van der Waals surface area contributed by atoms with Gasteiger partial charge >= 0.3 is 0 Å². The van der Waals surface area contributed by atoms with Crippen LogP contribution in [-0.4, -0.2) is 31.9 Å². The van der Waals surface area contributed by atoms with Crippen molar-refractivity contribution in [1.29, 1.82) is 0 Å². The quantitative estimate of drug-likeness (QED) is 0.602. The minimum Gasteiger partial charge on any atom is -0.351 e. The molecule has 29 heavy (non-hydrogen) atoms. The second-order valence-electron chi connectivity index (χ2n) is 7.48. The first-order chi connectivity index (χ1) is 13.8. The summed E-state index contributed by atoms with van der Waals surface area (Å²) in [6.45, 7) is 4.25. The van der Waals surface area contributed by atoms with Crippen molar-refractivity contribution in [3.63, 3.8) is 0 Å². The molecular weight excluding hydrogens is 404 g/mol. The van der Waals surface area contributed by atoms with Crippen LogP contribution in [0.1, 0.15) is 47.2 Å². The fraction of sp³-hybridized carbons (Fsp3) is 0.409. The summed E-state index contributed by atoms with van der Waals surface area (Å²) in [5.41, 5.74) is 2.49. The molecule has 0 unspecified atom stereocenters. The largest absolute Gasteiger partial charge is 0.351 e. The zero-order valence-corrected chi connectivity index (χ0v) is 18.5. The lowest BCUT2D eigenvalue weighted by atomic mass is 10.1. The average Bonchev–Trinajstić information content (AvgIpc) is 3.20. The third-order valence-corrected chi connectivity index (χ3v) is 7.99. The van der Waals surface area contributed by atoms with E-state index in [1.165, 1.54) is 31.7 Å². The maximum atomic E-state index is 12.8. The summed E-state index contributed by atoms with van der Waals surface area (Å²) in [4.78, 5) is 12.6. The summed E-state index contributed by atoms with van der Waals surface area (Å²) in [5.74, 6) is 0.631. The Hall–Kier alpha value is -1.99. The van der Waals surface area contributed by atoms with Gasteiger partial charge in [-0.05, 0) is 56.5 Å². The van der Waals surface area contributed by atoms with Crippen molar-refractivity contribution in [1.82, 2.24) is 5.32 Å². The third kappa shape index (κ3) is 6.00. The lowest BCUT2D eigenvalue weighted by Gasteiger charge is -2.13. The van der Waals surface area contributed by atoms with Gasteiger partial charge in [-0.25, -0.2) is 8.42 Å². The van der Waals surface area contributed by atoms with Gasteiger partial charge in [0.2, 0.25) is 0 Å². The van der Waals surface area contributed by atoms with E-state index >= 15 is 0 Å². The number of hydrogen-bond acceptors (Lipinski definition) is 4. The lowest BCUT2D eigenvalue weighted by Crippen LogP contribution is -2.26. The molecule has 1 fully saturated rings. The predicted octanol–water partition coefficient (Wildman–Crippen LogP) is 4.51. The van der Waals surface area contributed by atoms with E-state index in [1.807, 2.05) is 30.8 Å². The number of sulfonamides is 1. The molecule has 0 saturated heterocycles. The molecule has 156 valence electrons. The van der Waals surface area contributed by atoms with Gasteiger partial charge in [-0.1, -0.05) is 36.6 Å². The van der Waals surface area contributed by atoms with Gasteiger partial charge in [0.15, 0.2) is 0 Å². The second-order valence-corrected chi connectivity index (χ2v) is 10.5. The number of benzene rings is 2. The number of carbonyl (C=O) groups excluding carboxylic acids is 1. The molecule has 0 radical (unpaired) electrons. The number of hydrogen-bond donors (Lipinski definition) is 2. The second kappa shape index (κ2) is 9.67. The van der Waals surface area contributed by atoms with E-state index in [0.717, 1.165) is 16.6 Å². The molecule has 0 aromatic heterocycles. The highest BCUT2D eigenvalue weighted by Gasteiger charge is 2.20. The smallest absolute Gasteiger partial charge is 0.262 e. The summed E-state index contributed by atoms with van der Waals surface area (Å²) >= 11 is 1.91. The number of anilines is 1. The van der Waals surface area contributed by atoms with Gasteiger partial charge in [0.05, 0.1) is 4.90 Å². The molecule has 1 saturated carbocycles. The van der Waals surface area contributed by atoms with E-state index in [9.17, 15) is 13.2 Å². The van der Waals surface area contributed by atoms with Crippen LogP contribution in [0.25, 0.3) is 0 Å². The molecule has 0 spiro atoms. The van der Waals surface area contributed by atoms with E-state index < -0.39 is 10.0 Å². The Labute approximate surface area is 177 Å². The number of thioether (sulfide) groups is 1. The Morgan fingerprint density at radius 1 is 1.07 bits per heavy atom. The van der Waals surface area contributed by atoms with Gasteiger partial charge in [-0.15, -0.1) is 0 Å². The fourth-order valence-corrected chi connectivity index (χ4v) is 5.96. The van der Waals surface area contributed by atoms with Gasteiger partial charge in [0.1, 0.15) is 0 Å². The molecule has 2 N–H and O–H groups in total. The van der Waals surface area contributed by atoms with Crippen LogP contribution in [0, 0.1) is 13.8 Å². The minimum atomic E-state index is -3.78. The number of aryl methyl sites for hydroxylation is 2. The van der Waals surface area contributed by atoms with Crippen LogP contribution in [0.4, 0.5) is 5.69 Å². The van der Waals surface area contributed by atoms with Crippen LogP contribution in [-0.2, 0) is 10.0 Å². The molecular formula is C22H28N2O3S2. The molecule has 0 atom stereocenters. The number of rotatable bonds is 8. The van der Waals surface area contributed by atoms with Crippen LogP contribution in [0.15, 0.2) is 47.4 Å². The number of carbonyl (C=O) groups is 1. The predicted molar refractivity (Wildman–Crippen MR) is 120 cm³/mol. The van der Waals surface area contributed by atoms with Gasteiger partial charge in [0, 0.05) is 28.8 Å². The first-order valence-electron chi connectivity index (χ1n) is 9.95. The molecule has 1 aliphatic carbocycles. The molecule has 2 aromatic rings. The third-order valence-electron chi connectivity index (χ3n) is 5.09. The summed E-state index contributed by atoms with van der Waals surface area (Å²) in [7, 11) is -3.78. The summed E-state index contributed by atoms with van der Waals surface area (Å²) in [6, 6.07) is 11.9. The van der Waals surface area contributed by atoms with Gasteiger partial charge in [0.25, 0.3) is 15.9 Å². The van der Waals surface area contributed by atoms with Gasteiger partial charge in [-0.3, -0.25) is 9.52 Å². The zero-order valence-electron chi connectivity index (χ0n) is 16.9. The molecule has 1 amide bonds. The highest BCUT2D eigenvalue weighted by molar-refractivity contribution is 7.99. The van der Waals surface area contributed by atoms with Crippen LogP contribution in [0.2, 0.25) is 0 Å². The molecule has 5 nitrogen and oxygen atoms in total. The van der Waals surface area contributed by atoms with Crippen molar-refractivity contribution in [2.45, 2.75) is 49.7 Å². The van der Waals surface area contributed by atoms with Crippen LogP contribution in [0.5, 0.6) is 0 Å². The Morgan fingerprint density at radius 2 is 1.76 bits per heavy atom. The Bertz CT molecular complexity index is 951. The molecule has 3 rings (SSSR count). The Morgan fingerprint density at radius 3 is 2.45 bits per heavy atom. The van der Waals surface area contributed by atoms with Crippen LogP contribution in [0.3, 0.4) is 0 Å². The monoisotopic (exact) mass is 432 g/mol. The van der Waals surface area contributed by atoms with Crippen LogP contribution < -0.4 is 10.0 Å². The van der Waals surface area contributed by atoms with E-state index in [0.29, 0.717) is 23.4 Å². The highest BCUT2D eigenvalue weighted by Crippen LogP contribution is 2.29. The molecule has 1 aliphatic rings. The molecule has 0 heterocycles. The number of nitrogens with one attached hydrogen (secondary N) is 2. The standard InChI is InChI=1S/C22H28N2O3S2/c1-16-7-11-19(12-8-16)24-29(26,27)21-15-18(10-9-17(21)2)22(25)23-13-14-28-20-5-3-4-6-20/h7-12,15,20,24H,3-6,13-14H2,1-2H3,(H,23,25). The Kier molecular flexibility index (Phi) is 7.24. The number of amides is 1. The molecule has 0 aliphatic heterocycles. The summed E-state index contributed by atoms with van der Waals surface area (Å²) in [6.07, 6.45) is 5.15. The van der Waals surface area contributed by atoms with Crippen molar-refractivity contribution in [2.24, 2.45) is 0 Å². The summed E-state index contributed by atoms with van der Waals surface area (Å²) < 4.78 is 28.3. The SMILES string of the molecule is Cc1ccc(NS(=O)(=O)c2cc(C(=O)NCCSC3CCCC3)ccc2C)cc1. The topological polar surface area (TPSA) is 75.3 Å². The van der Waals surface area contributed by atoms with Crippen molar-refractivity contribution in [2.75, 3.05) is 17.0 Å². The van der Waals surface area contributed by atoms with E-state index in [2.05, 4.69) is 10.0 Å². The maximum absolute atomic E-state index is 12.8. The van der Waals surface area contributed by atoms with Crippen molar-refractivity contribution in [3.05, 3.63) is 59.2 Å². The Balaban J connectivity index is 1.64. The molecule has 7 heteroatoms. The zero-order chi connectivity index (χ0) is 20.9. The van der Waals surface area contributed by atoms with E-state index in [1.54, 1.807) is 31.2 Å². The van der Waals surface area contributed by atoms with Gasteiger partial charge in [-0.2, -0.15) is 11.8 Å². The van der Waals surface area contributed by atoms with E-state index in [-0.39, 0.29) is 10.8 Å². The molecule has 2 aromatic carbocycles. The normalized spacial score (nSPS) is 14.7. The van der Waals surface area contributed by atoms with Gasteiger partial charge < -0.3 is 5.32 Å². The first-order valence-corrected chi connectivity index (χ1v) is 12.5. The van der Waals surface area contributed by atoms with Crippen molar-refractivity contribution in [3.8, 4) is 0 Å².